The summed E-state index contributed by atoms with van der Waals surface area (Å²) in [5, 5.41) is 4.36. The predicted octanol–water partition coefficient (Wildman–Crippen LogP) is 4.15. The normalized spacial score (nSPS) is 14.6. The van der Waals surface area contributed by atoms with Crippen molar-refractivity contribution in [3.8, 4) is 0 Å². The van der Waals surface area contributed by atoms with Crippen molar-refractivity contribution in [1.82, 2.24) is 5.32 Å². The van der Waals surface area contributed by atoms with E-state index >= 15 is 0 Å². The Balaban J connectivity index is 2.68. The van der Waals surface area contributed by atoms with Gasteiger partial charge >= 0.3 is 0 Å². The van der Waals surface area contributed by atoms with Gasteiger partial charge in [0, 0.05) is 5.02 Å². The van der Waals surface area contributed by atoms with Crippen LogP contribution in [-0.2, 0) is 6.42 Å². The average molecular weight is 254 g/mol. The highest BCUT2D eigenvalue weighted by Gasteiger charge is 2.16. The first-order chi connectivity index (χ1) is 8.19. The van der Waals surface area contributed by atoms with Gasteiger partial charge in [-0.2, -0.15) is 0 Å². The molecule has 1 nitrogen and oxygen atoms in total. The smallest absolute Gasteiger partial charge is 0.0438 e. The van der Waals surface area contributed by atoms with Crippen molar-refractivity contribution in [1.29, 1.82) is 0 Å². The molecule has 0 radical (unpaired) electrons. The fourth-order valence-corrected chi connectivity index (χ4v) is 2.30. The van der Waals surface area contributed by atoms with E-state index in [0.717, 1.165) is 30.5 Å². The van der Waals surface area contributed by atoms with E-state index in [1.165, 1.54) is 12.0 Å². The van der Waals surface area contributed by atoms with Crippen molar-refractivity contribution in [2.75, 3.05) is 13.1 Å². The van der Waals surface area contributed by atoms with Crippen LogP contribution in [-0.4, -0.2) is 13.1 Å². The van der Waals surface area contributed by atoms with Crippen LogP contribution in [0.25, 0.3) is 0 Å². The van der Waals surface area contributed by atoms with E-state index in [0.29, 0.717) is 5.92 Å². The molecule has 0 heterocycles. The molecule has 2 atom stereocenters. The molecule has 1 aromatic carbocycles. The quantitative estimate of drug-likeness (QED) is 0.770. The lowest BCUT2D eigenvalue weighted by molar-refractivity contribution is 0.332. The summed E-state index contributed by atoms with van der Waals surface area (Å²) in [6.07, 6.45) is 2.29. The summed E-state index contributed by atoms with van der Waals surface area (Å²) in [5.41, 5.74) is 1.28. The van der Waals surface area contributed by atoms with Crippen molar-refractivity contribution in [3.63, 3.8) is 0 Å². The molecule has 0 aliphatic carbocycles. The van der Waals surface area contributed by atoms with Crippen molar-refractivity contribution >= 4 is 11.6 Å². The molecule has 2 heteroatoms. The Kier molecular flexibility index (Phi) is 6.61. The van der Waals surface area contributed by atoms with E-state index in [4.69, 9.17) is 11.6 Å². The Labute approximate surface area is 111 Å². The molecular weight excluding hydrogens is 230 g/mol. The number of nitrogens with one attached hydrogen (secondary N) is 1. The first-order valence-electron chi connectivity index (χ1n) is 6.63. The van der Waals surface area contributed by atoms with Crippen molar-refractivity contribution in [2.24, 2.45) is 11.8 Å². The highest BCUT2D eigenvalue weighted by atomic mass is 35.5. The summed E-state index contributed by atoms with van der Waals surface area (Å²) in [6.45, 7) is 8.87. The standard InChI is InChI=1S/C15H24ClN/c1-4-12(3)14(11-17-5-2)10-13-8-6-7-9-15(13)16/h6-9,12,14,17H,4-5,10-11H2,1-3H3. The summed E-state index contributed by atoms with van der Waals surface area (Å²) < 4.78 is 0. The molecule has 0 spiro atoms. The van der Waals surface area contributed by atoms with Crippen LogP contribution in [0.5, 0.6) is 0 Å². The van der Waals surface area contributed by atoms with E-state index < -0.39 is 0 Å². The molecule has 17 heavy (non-hydrogen) atoms. The lowest BCUT2D eigenvalue weighted by Crippen LogP contribution is -2.28. The number of hydrogen-bond acceptors (Lipinski definition) is 1. The average Bonchev–Trinajstić information content (AvgIpc) is 2.35. The highest BCUT2D eigenvalue weighted by molar-refractivity contribution is 6.31. The fraction of sp³-hybridized carbons (Fsp3) is 0.600. The monoisotopic (exact) mass is 253 g/mol. The third-order valence-electron chi connectivity index (χ3n) is 3.55. The second-order valence-electron chi connectivity index (χ2n) is 4.75. The Morgan fingerprint density at radius 2 is 1.94 bits per heavy atom. The maximum atomic E-state index is 6.23. The first-order valence-corrected chi connectivity index (χ1v) is 7.00. The van der Waals surface area contributed by atoms with Crippen LogP contribution in [0.15, 0.2) is 24.3 Å². The number of halogens is 1. The second-order valence-corrected chi connectivity index (χ2v) is 5.16. The van der Waals surface area contributed by atoms with E-state index in [1.807, 2.05) is 12.1 Å². The first kappa shape index (κ1) is 14.5. The third kappa shape index (κ3) is 4.69. The fourth-order valence-electron chi connectivity index (χ4n) is 2.08. The zero-order chi connectivity index (χ0) is 12.7. The molecule has 2 unspecified atom stereocenters. The van der Waals surface area contributed by atoms with Crippen molar-refractivity contribution < 1.29 is 0 Å². The molecule has 96 valence electrons. The van der Waals surface area contributed by atoms with Gasteiger partial charge in [0.1, 0.15) is 0 Å². The van der Waals surface area contributed by atoms with Gasteiger partial charge in [0.05, 0.1) is 0 Å². The molecule has 1 N–H and O–H groups in total. The molecule has 0 aliphatic heterocycles. The van der Waals surface area contributed by atoms with Crippen molar-refractivity contribution in [2.45, 2.75) is 33.6 Å². The molecule has 1 aromatic rings. The molecule has 0 saturated heterocycles. The topological polar surface area (TPSA) is 12.0 Å². The van der Waals surface area contributed by atoms with Gasteiger partial charge in [-0.3, -0.25) is 0 Å². The maximum absolute atomic E-state index is 6.23. The third-order valence-corrected chi connectivity index (χ3v) is 3.91. The van der Waals surface area contributed by atoms with Crippen LogP contribution in [0, 0.1) is 11.8 Å². The van der Waals surface area contributed by atoms with Crippen LogP contribution < -0.4 is 5.32 Å². The zero-order valence-corrected chi connectivity index (χ0v) is 11.9. The van der Waals surface area contributed by atoms with Crippen LogP contribution in [0.3, 0.4) is 0 Å². The van der Waals surface area contributed by atoms with Crippen LogP contribution in [0.4, 0.5) is 0 Å². The van der Waals surface area contributed by atoms with Crippen molar-refractivity contribution in [3.05, 3.63) is 34.9 Å². The van der Waals surface area contributed by atoms with E-state index in [1.54, 1.807) is 0 Å². The van der Waals surface area contributed by atoms with Gasteiger partial charge in [0.25, 0.3) is 0 Å². The van der Waals surface area contributed by atoms with Gasteiger partial charge in [-0.15, -0.1) is 0 Å². The Hall–Kier alpha value is -0.530. The van der Waals surface area contributed by atoms with E-state index in [9.17, 15) is 0 Å². The van der Waals surface area contributed by atoms with Gasteiger partial charge in [-0.25, -0.2) is 0 Å². The summed E-state index contributed by atoms with van der Waals surface area (Å²) in [7, 11) is 0. The minimum Gasteiger partial charge on any atom is -0.317 e. The maximum Gasteiger partial charge on any atom is 0.0438 e. The van der Waals surface area contributed by atoms with Crippen LogP contribution in [0.2, 0.25) is 5.02 Å². The molecule has 1 rings (SSSR count). The minimum absolute atomic E-state index is 0.667. The van der Waals surface area contributed by atoms with Gasteiger partial charge < -0.3 is 5.32 Å². The largest absolute Gasteiger partial charge is 0.317 e. The van der Waals surface area contributed by atoms with Crippen LogP contribution in [0.1, 0.15) is 32.8 Å². The molecule has 0 saturated carbocycles. The number of hydrogen-bond donors (Lipinski definition) is 1. The number of rotatable bonds is 7. The van der Waals surface area contributed by atoms with E-state index in [-0.39, 0.29) is 0 Å². The highest BCUT2D eigenvalue weighted by Crippen LogP contribution is 2.24. The summed E-state index contributed by atoms with van der Waals surface area (Å²) in [6, 6.07) is 8.19. The lowest BCUT2D eigenvalue weighted by atomic mass is 9.86. The van der Waals surface area contributed by atoms with Crippen LogP contribution >= 0.6 is 11.6 Å². The summed E-state index contributed by atoms with van der Waals surface area (Å²) >= 11 is 6.23. The minimum atomic E-state index is 0.667. The summed E-state index contributed by atoms with van der Waals surface area (Å²) in [4.78, 5) is 0. The van der Waals surface area contributed by atoms with Gasteiger partial charge in [-0.05, 0) is 43.0 Å². The molecule has 0 amide bonds. The molecule has 0 aliphatic rings. The predicted molar refractivity (Wildman–Crippen MR) is 76.6 cm³/mol. The van der Waals surface area contributed by atoms with Gasteiger partial charge in [-0.1, -0.05) is 57.0 Å². The molecule has 0 fully saturated rings. The molecule has 0 aromatic heterocycles. The molecule has 0 bridgehead atoms. The zero-order valence-electron chi connectivity index (χ0n) is 11.2. The SMILES string of the molecule is CCNCC(Cc1ccccc1Cl)C(C)CC. The molecular formula is C15H24ClN. The van der Waals surface area contributed by atoms with Gasteiger partial charge in [0.15, 0.2) is 0 Å². The van der Waals surface area contributed by atoms with Gasteiger partial charge in [0.2, 0.25) is 0 Å². The Morgan fingerprint density at radius 1 is 1.24 bits per heavy atom. The Morgan fingerprint density at radius 3 is 2.53 bits per heavy atom. The Bertz CT molecular complexity index is 324. The lowest BCUT2D eigenvalue weighted by Gasteiger charge is -2.23. The van der Waals surface area contributed by atoms with E-state index in [2.05, 4.69) is 38.2 Å². The number of benzene rings is 1. The second kappa shape index (κ2) is 7.73. The summed E-state index contributed by atoms with van der Waals surface area (Å²) in [5.74, 6) is 1.39.